The molecule has 0 spiro atoms. The Morgan fingerprint density at radius 2 is 1.71 bits per heavy atom. The third kappa shape index (κ3) is 3.56. The van der Waals surface area contributed by atoms with Crippen LogP contribution in [-0.4, -0.2) is 25.1 Å². The number of benzene rings is 2. The van der Waals surface area contributed by atoms with Gasteiger partial charge in [-0.2, -0.15) is 0 Å². The van der Waals surface area contributed by atoms with Gasteiger partial charge in [-0.25, -0.2) is 0 Å². The van der Waals surface area contributed by atoms with E-state index in [1.807, 2.05) is 30.3 Å². The molecule has 1 saturated heterocycles. The predicted octanol–water partition coefficient (Wildman–Crippen LogP) is 4.08. The van der Waals surface area contributed by atoms with Crippen LogP contribution in [-0.2, 0) is 6.54 Å². The lowest BCUT2D eigenvalue weighted by Crippen LogP contribution is -2.18. The van der Waals surface area contributed by atoms with E-state index in [4.69, 9.17) is 9.47 Å². The van der Waals surface area contributed by atoms with E-state index in [9.17, 15) is 0 Å². The first-order chi connectivity index (χ1) is 10.3. The molecule has 2 aromatic carbocycles. The second-order valence-corrected chi connectivity index (χ2v) is 5.38. The molecule has 0 saturated carbocycles. The second kappa shape index (κ2) is 6.64. The van der Waals surface area contributed by atoms with E-state index in [1.54, 1.807) is 7.11 Å². The van der Waals surface area contributed by atoms with E-state index in [0.717, 1.165) is 23.8 Å². The van der Waals surface area contributed by atoms with Gasteiger partial charge in [-0.15, -0.1) is 0 Å². The van der Waals surface area contributed by atoms with E-state index >= 15 is 0 Å². The average Bonchev–Trinajstić information content (AvgIpc) is 3.01. The Morgan fingerprint density at radius 1 is 0.952 bits per heavy atom. The summed E-state index contributed by atoms with van der Waals surface area (Å²) in [6.45, 7) is 3.41. The maximum Gasteiger partial charge on any atom is 0.169 e. The summed E-state index contributed by atoms with van der Waals surface area (Å²) in [5.41, 5.74) is 1.30. The number of methoxy groups -OCH3 is 1. The zero-order valence-corrected chi connectivity index (χ0v) is 12.4. The standard InChI is InChI=1S/C18H21NO2/c1-20-17-9-2-3-10-18(17)21-16-8-6-7-15(13-16)14-19-11-4-5-12-19/h2-3,6-10,13H,4-5,11-12,14H2,1H3. The van der Waals surface area contributed by atoms with Gasteiger partial charge in [0.1, 0.15) is 5.75 Å². The minimum atomic E-state index is 0.748. The summed E-state index contributed by atoms with van der Waals surface area (Å²) in [6, 6.07) is 16.0. The van der Waals surface area contributed by atoms with Crippen LogP contribution < -0.4 is 9.47 Å². The van der Waals surface area contributed by atoms with Gasteiger partial charge in [0, 0.05) is 6.54 Å². The van der Waals surface area contributed by atoms with Crippen LogP contribution in [0.3, 0.4) is 0 Å². The van der Waals surface area contributed by atoms with Crippen molar-refractivity contribution in [3.8, 4) is 17.2 Å². The molecule has 3 rings (SSSR count). The van der Waals surface area contributed by atoms with Crippen molar-refractivity contribution in [1.29, 1.82) is 0 Å². The van der Waals surface area contributed by atoms with Gasteiger partial charge in [0.15, 0.2) is 11.5 Å². The molecule has 0 unspecified atom stereocenters. The van der Waals surface area contributed by atoms with Crippen molar-refractivity contribution in [3.05, 3.63) is 54.1 Å². The van der Waals surface area contributed by atoms with Crippen molar-refractivity contribution >= 4 is 0 Å². The van der Waals surface area contributed by atoms with E-state index in [-0.39, 0.29) is 0 Å². The summed E-state index contributed by atoms with van der Waals surface area (Å²) in [4.78, 5) is 2.49. The van der Waals surface area contributed by atoms with Crippen molar-refractivity contribution in [2.75, 3.05) is 20.2 Å². The van der Waals surface area contributed by atoms with E-state index in [1.165, 1.54) is 31.5 Å². The summed E-state index contributed by atoms with van der Waals surface area (Å²) >= 11 is 0. The molecule has 1 aliphatic heterocycles. The first kappa shape index (κ1) is 14.0. The van der Waals surface area contributed by atoms with Crippen molar-refractivity contribution < 1.29 is 9.47 Å². The monoisotopic (exact) mass is 283 g/mol. The number of rotatable bonds is 5. The van der Waals surface area contributed by atoms with Crippen LogP contribution in [0.15, 0.2) is 48.5 Å². The highest BCUT2D eigenvalue weighted by Crippen LogP contribution is 2.31. The third-order valence-corrected chi connectivity index (χ3v) is 3.80. The molecule has 1 fully saturated rings. The lowest BCUT2D eigenvalue weighted by Gasteiger charge is -2.15. The van der Waals surface area contributed by atoms with E-state index < -0.39 is 0 Å². The molecule has 1 heterocycles. The maximum atomic E-state index is 5.96. The normalized spacial score (nSPS) is 15.1. The first-order valence-corrected chi connectivity index (χ1v) is 7.47. The summed E-state index contributed by atoms with van der Waals surface area (Å²) in [5.74, 6) is 2.36. The zero-order valence-electron chi connectivity index (χ0n) is 12.4. The van der Waals surface area contributed by atoms with Gasteiger partial charge < -0.3 is 9.47 Å². The molecule has 3 heteroatoms. The SMILES string of the molecule is COc1ccccc1Oc1cccc(CN2CCCC2)c1. The molecule has 0 amide bonds. The molecule has 110 valence electrons. The molecule has 0 bridgehead atoms. The number of para-hydroxylation sites is 2. The van der Waals surface area contributed by atoms with Crippen molar-refractivity contribution in [3.63, 3.8) is 0 Å². The molecule has 3 nitrogen and oxygen atoms in total. The average molecular weight is 283 g/mol. The molecule has 0 aromatic heterocycles. The van der Waals surface area contributed by atoms with Gasteiger partial charge in [0.25, 0.3) is 0 Å². The first-order valence-electron chi connectivity index (χ1n) is 7.47. The molecule has 1 aliphatic rings. The number of hydrogen-bond acceptors (Lipinski definition) is 3. The highest BCUT2D eigenvalue weighted by molar-refractivity contribution is 5.43. The molecular weight excluding hydrogens is 262 g/mol. The van der Waals surface area contributed by atoms with Gasteiger partial charge in [0.2, 0.25) is 0 Å². The van der Waals surface area contributed by atoms with Crippen LogP contribution >= 0.6 is 0 Å². The van der Waals surface area contributed by atoms with Gasteiger partial charge in [-0.1, -0.05) is 24.3 Å². The Morgan fingerprint density at radius 3 is 2.48 bits per heavy atom. The van der Waals surface area contributed by atoms with Crippen LogP contribution in [0.5, 0.6) is 17.2 Å². The Balaban J connectivity index is 1.73. The highest BCUT2D eigenvalue weighted by Gasteiger charge is 2.12. The number of ether oxygens (including phenoxy) is 2. The Hall–Kier alpha value is -2.00. The largest absolute Gasteiger partial charge is 0.493 e. The van der Waals surface area contributed by atoms with Crippen molar-refractivity contribution in [2.24, 2.45) is 0 Å². The quantitative estimate of drug-likeness (QED) is 0.825. The number of hydrogen-bond donors (Lipinski definition) is 0. The molecule has 0 atom stereocenters. The maximum absolute atomic E-state index is 5.96. The summed E-state index contributed by atoms with van der Waals surface area (Å²) in [6.07, 6.45) is 2.63. The van der Waals surface area contributed by atoms with Crippen LogP contribution in [0.4, 0.5) is 0 Å². The number of nitrogens with zero attached hydrogens (tertiary/aromatic N) is 1. The highest BCUT2D eigenvalue weighted by atomic mass is 16.5. The molecule has 0 N–H and O–H groups in total. The lowest BCUT2D eigenvalue weighted by atomic mass is 10.2. The minimum Gasteiger partial charge on any atom is -0.493 e. The Labute approximate surface area is 126 Å². The predicted molar refractivity (Wildman–Crippen MR) is 84.0 cm³/mol. The molecule has 0 aliphatic carbocycles. The molecule has 2 aromatic rings. The second-order valence-electron chi connectivity index (χ2n) is 5.38. The smallest absolute Gasteiger partial charge is 0.169 e. The molecule has 21 heavy (non-hydrogen) atoms. The van der Waals surface area contributed by atoms with Crippen molar-refractivity contribution in [2.45, 2.75) is 19.4 Å². The Kier molecular flexibility index (Phi) is 4.41. The summed E-state index contributed by atoms with van der Waals surface area (Å²) < 4.78 is 11.3. The fourth-order valence-corrected chi connectivity index (χ4v) is 2.74. The fourth-order valence-electron chi connectivity index (χ4n) is 2.74. The topological polar surface area (TPSA) is 21.7 Å². The van der Waals surface area contributed by atoms with Crippen LogP contribution in [0, 0.1) is 0 Å². The summed E-state index contributed by atoms with van der Waals surface area (Å²) in [5, 5.41) is 0. The summed E-state index contributed by atoms with van der Waals surface area (Å²) in [7, 11) is 1.66. The lowest BCUT2D eigenvalue weighted by molar-refractivity contribution is 0.330. The van der Waals surface area contributed by atoms with Crippen molar-refractivity contribution in [1.82, 2.24) is 4.90 Å². The zero-order chi connectivity index (χ0) is 14.5. The molecular formula is C18H21NO2. The van der Waals surface area contributed by atoms with Crippen LogP contribution in [0.25, 0.3) is 0 Å². The van der Waals surface area contributed by atoms with E-state index in [0.29, 0.717) is 0 Å². The van der Waals surface area contributed by atoms with Gasteiger partial charge in [0.05, 0.1) is 7.11 Å². The minimum absolute atomic E-state index is 0.748. The molecule has 0 radical (unpaired) electrons. The van der Waals surface area contributed by atoms with Gasteiger partial charge in [-0.05, 0) is 55.8 Å². The van der Waals surface area contributed by atoms with Gasteiger partial charge >= 0.3 is 0 Å². The third-order valence-electron chi connectivity index (χ3n) is 3.80. The van der Waals surface area contributed by atoms with Crippen LogP contribution in [0.1, 0.15) is 18.4 Å². The number of likely N-dealkylation sites (tertiary alicyclic amines) is 1. The van der Waals surface area contributed by atoms with Crippen LogP contribution in [0.2, 0.25) is 0 Å². The fraction of sp³-hybridized carbons (Fsp3) is 0.333. The van der Waals surface area contributed by atoms with Gasteiger partial charge in [-0.3, -0.25) is 4.90 Å². The Bertz CT molecular complexity index is 591. The van der Waals surface area contributed by atoms with E-state index in [2.05, 4.69) is 23.1 Å².